The third-order valence-corrected chi connectivity index (χ3v) is 5.56. The zero-order valence-corrected chi connectivity index (χ0v) is 12.8. The quantitative estimate of drug-likeness (QED) is 0.822. The van der Waals surface area contributed by atoms with Crippen molar-refractivity contribution in [3.05, 3.63) is 30.1 Å². The third kappa shape index (κ3) is 3.79. The van der Waals surface area contributed by atoms with Gasteiger partial charge in [-0.3, -0.25) is 9.78 Å². The number of pyridine rings is 1. The minimum atomic E-state index is -3.50. The smallest absolute Gasteiger partial charge is 0.310 e. The van der Waals surface area contributed by atoms with Crippen molar-refractivity contribution in [2.24, 2.45) is 5.41 Å². The first-order valence-electron chi connectivity index (χ1n) is 6.96. The summed E-state index contributed by atoms with van der Waals surface area (Å²) in [7, 11) is -3.50. The Morgan fingerprint density at radius 2 is 2.14 bits per heavy atom. The van der Waals surface area contributed by atoms with Gasteiger partial charge in [-0.1, -0.05) is 6.42 Å². The molecular formula is C14H20N2O4S. The van der Waals surface area contributed by atoms with Gasteiger partial charge in [-0.15, -0.1) is 0 Å². The fraction of sp³-hybridized carbons (Fsp3) is 0.571. The predicted octanol–water partition coefficient (Wildman–Crippen LogP) is 1.19. The number of carboxylic acid groups (broad SMARTS) is 1. The maximum Gasteiger partial charge on any atom is 0.310 e. The van der Waals surface area contributed by atoms with Crippen LogP contribution in [-0.4, -0.2) is 36.3 Å². The summed E-state index contributed by atoms with van der Waals surface area (Å²) in [5.41, 5.74) is -0.119. The molecular weight excluding hydrogens is 292 g/mol. The minimum Gasteiger partial charge on any atom is -0.481 e. The van der Waals surface area contributed by atoms with Gasteiger partial charge in [-0.25, -0.2) is 13.1 Å². The number of carboxylic acids is 1. The molecule has 21 heavy (non-hydrogen) atoms. The molecule has 7 heteroatoms. The lowest BCUT2D eigenvalue weighted by molar-refractivity contribution is -0.148. The van der Waals surface area contributed by atoms with Gasteiger partial charge in [-0.05, 0) is 43.9 Å². The Balaban J connectivity index is 1.99. The predicted molar refractivity (Wildman–Crippen MR) is 78.2 cm³/mol. The van der Waals surface area contributed by atoms with E-state index in [1.807, 2.05) is 0 Å². The van der Waals surface area contributed by atoms with Gasteiger partial charge in [0.2, 0.25) is 10.0 Å². The van der Waals surface area contributed by atoms with Gasteiger partial charge in [0.1, 0.15) is 0 Å². The second kappa shape index (κ2) is 6.11. The SMILES string of the molecule is CC1(C(=O)O)CCCC1NS(=O)(=O)CCc1ccncc1. The summed E-state index contributed by atoms with van der Waals surface area (Å²) in [6.45, 7) is 1.61. The first-order chi connectivity index (χ1) is 9.83. The van der Waals surface area contributed by atoms with Crippen LogP contribution in [0.1, 0.15) is 31.7 Å². The standard InChI is InChI=1S/C14H20N2O4S/c1-14(13(17)18)7-2-3-12(14)16-21(19,20)10-6-11-4-8-15-9-5-11/h4-5,8-9,12,16H,2-3,6-7,10H2,1H3,(H,17,18). The Morgan fingerprint density at radius 3 is 2.76 bits per heavy atom. The first-order valence-corrected chi connectivity index (χ1v) is 8.61. The number of rotatable bonds is 6. The molecule has 0 saturated heterocycles. The van der Waals surface area contributed by atoms with Gasteiger partial charge in [0.25, 0.3) is 0 Å². The van der Waals surface area contributed by atoms with Crippen molar-refractivity contribution >= 4 is 16.0 Å². The highest BCUT2D eigenvalue weighted by Crippen LogP contribution is 2.38. The number of hydrogen-bond acceptors (Lipinski definition) is 4. The molecule has 1 aliphatic rings. The molecule has 1 aliphatic carbocycles. The molecule has 0 bridgehead atoms. The lowest BCUT2D eigenvalue weighted by Gasteiger charge is -2.27. The van der Waals surface area contributed by atoms with E-state index in [0.717, 1.165) is 12.0 Å². The van der Waals surface area contributed by atoms with Crippen LogP contribution in [0.5, 0.6) is 0 Å². The van der Waals surface area contributed by atoms with Crippen LogP contribution in [0.4, 0.5) is 0 Å². The number of aryl methyl sites for hydroxylation is 1. The van der Waals surface area contributed by atoms with E-state index in [1.165, 1.54) is 0 Å². The fourth-order valence-electron chi connectivity index (χ4n) is 2.69. The summed E-state index contributed by atoms with van der Waals surface area (Å²) in [5, 5.41) is 9.31. The summed E-state index contributed by atoms with van der Waals surface area (Å²) < 4.78 is 26.9. The Kier molecular flexibility index (Phi) is 4.63. The molecule has 0 aromatic carbocycles. The van der Waals surface area contributed by atoms with Gasteiger partial charge >= 0.3 is 5.97 Å². The van der Waals surface area contributed by atoms with Crippen molar-refractivity contribution in [2.75, 3.05) is 5.75 Å². The molecule has 0 spiro atoms. The maximum atomic E-state index is 12.2. The van der Waals surface area contributed by atoms with Crippen molar-refractivity contribution < 1.29 is 18.3 Å². The highest BCUT2D eigenvalue weighted by molar-refractivity contribution is 7.89. The number of nitrogens with zero attached hydrogens (tertiary/aromatic N) is 1. The lowest BCUT2D eigenvalue weighted by Crippen LogP contribution is -2.47. The zero-order valence-electron chi connectivity index (χ0n) is 11.9. The van der Waals surface area contributed by atoms with Crippen LogP contribution < -0.4 is 4.72 Å². The molecule has 2 unspecified atom stereocenters. The van der Waals surface area contributed by atoms with Gasteiger partial charge in [0.15, 0.2) is 0 Å². The van der Waals surface area contributed by atoms with Crippen molar-refractivity contribution in [3.63, 3.8) is 0 Å². The van der Waals surface area contributed by atoms with Crippen LogP contribution in [0.25, 0.3) is 0 Å². The molecule has 1 aromatic rings. The van der Waals surface area contributed by atoms with E-state index < -0.39 is 27.4 Å². The fourth-order valence-corrected chi connectivity index (χ4v) is 4.12. The third-order valence-electron chi connectivity index (χ3n) is 4.18. The van der Waals surface area contributed by atoms with Gasteiger partial charge < -0.3 is 5.11 Å². The Labute approximate surface area is 124 Å². The molecule has 2 N–H and O–H groups in total. The molecule has 1 saturated carbocycles. The number of nitrogens with one attached hydrogen (secondary N) is 1. The molecule has 0 amide bonds. The molecule has 2 atom stereocenters. The number of aliphatic carboxylic acids is 1. The molecule has 0 radical (unpaired) electrons. The zero-order chi connectivity index (χ0) is 15.5. The van der Waals surface area contributed by atoms with Gasteiger partial charge in [0, 0.05) is 18.4 Å². The number of carbonyl (C=O) groups is 1. The van der Waals surface area contributed by atoms with Crippen LogP contribution in [0, 0.1) is 5.41 Å². The van der Waals surface area contributed by atoms with Gasteiger partial charge in [-0.2, -0.15) is 0 Å². The largest absolute Gasteiger partial charge is 0.481 e. The van der Waals surface area contributed by atoms with Crippen molar-refractivity contribution in [1.29, 1.82) is 0 Å². The summed E-state index contributed by atoms with van der Waals surface area (Å²) in [4.78, 5) is 15.2. The van der Waals surface area contributed by atoms with E-state index in [9.17, 15) is 18.3 Å². The second-order valence-electron chi connectivity index (χ2n) is 5.71. The average Bonchev–Trinajstić information content (AvgIpc) is 2.80. The lowest BCUT2D eigenvalue weighted by atomic mass is 9.85. The summed E-state index contributed by atoms with van der Waals surface area (Å²) in [6, 6.07) is 3.01. The average molecular weight is 312 g/mol. The molecule has 1 heterocycles. The van der Waals surface area contributed by atoms with Crippen LogP contribution in [0.3, 0.4) is 0 Å². The number of aromatic nitrogens is 1. The van der Waals surface area contributed by atoms with Crippen LogP contribution in [0.2, 0.25) is 0 Å². The molecule has 2 rings (SSSR count). The summed E-state index contributed by atoms with van der Waals surface area (Å²) in [5.74, 6) is -0.995. The summed E-state index contributed by atoms with van der Waals surface area (Å²) in [6.07, 6.45) is 5.41. The Bertz CT molecular complexity index is 603. The second-order valence-corrected chi connectivity index (χ2v) is 7.58. The molecule has 6 nitrogen and oxygen atoms in total. The van der Waals surface area contributed by atoms with Crippen LogP contribution in [-0.2, 0) is 21.2 Å². The molecule has 1 aromatic heterocycles. The van der Waals surface area contributed by atoms with Crippen molar-refractivity contribution in [3.8, 4) is 0 Å². The van der Waals surface area contributed by atoms with E-state index in [1.54, 1.807) is 31.5 Å². The summed E-state index contributed by atoms with van der Waals surface area (Å²) >= 11 is 0. The number of hydrogen-bond donors (Lipinski definition) is 2. The van der Waals surface area contributed by atoms with Crippen LogP contribution >= 0.6 is 0 Å². The van der Waals surface area contributed by atoms with E-state index in [0.29, 0.717) is 19.3 Å². The first kappa shape index (κ1) is 15.9. The minimum absolute atomic E-state index is 0.0524. The highest BCUT2D eigenvalue weighted by Gasteiger charge is 2.46. The Morgan fingerprint density at radius 1 is 1.48 bits per heavy atom. The van der Waals surface area contributed by atoms with Crippen molar-refractivity contribution in [1.82, 2.24) is 9.71 Å². The normalized spacial score (nSPS) is 25.9. The van der Waals surface area contributed by atoms with Crippen molar-refractivity contribution in [2.45, 2.75) is 38.6 Å². The molecule has 1 fully saturated rings. The van der Waals surface area contributed by atoms with Gasteiger partial charge in [0.05, 0.1) is 11.2 Å². The molecule has 116 valence electrons. The van der Waals surface area contributed by atoms with E-state index >= 15 is 0 Å². The van der Waals surface area contributed by atoms with E-state index in [4.69, 9.17) is 0 Å². The molecule has 0 aliphatic heterocycles. The topological polar surface area (TPSA) is 96.4 Å². The highest BCUT2D eigenvalue weighted by atomic mass is 32.2. The monoisotopic (exact) mass is 312 g/mol. The Hall–Kier alpha value is -1.47. The number of sulfonamides is 1. The van der Waals surface area contributed by atoms with E-state index in [-0.39, 0.29) is 5.75 Å². The maximum absolute atomic E-state index is 12.2. The van der Waals surface area contributed by atoms with Crippen LogP contribution in [0.15, 0.2) is 24.5 Å². The van der Waals surface area contributed by atoms with E-state index in [2.05, 4.69) is 9.71 Å².